The van der Waals surface area contributed by atoms with Gasteiger partial charge < -0.3 is 20.5 Å². The van der Waals surface area contributed by atoms with Crippen LogP contribution in [-0.2, 0) is 13.5 Å². The van der Waals surface area contributed by atoms with E-state index in [0.29, 0.717) is 40.5 Å². The largest absolute Gasteiger partial charge is 0.388 e. The van der Waals surface area contributed by atoms with Gasteiger partial charge >= 0.3 is 0 Å². The first-order valence-corrected chi connectivity index (χ1v) is 12.1. The maximum absolute atomic E-state index is 14.7. The molecule has 37 heavy (non-hydrogen) atoms. The van der Waals surface area contributed by atoms with Crippen LogP contribution in [0.15, 0.2) is 60.8 Å². The first kappa shape index (κ1) is 23.5. The van der Waals surface area contributed by atoms with Gasteiger partial charge in [0.25, 0.3) is 0 Å². The predicted octanol–water partition coefficient (Wildman–Crippen LogP) is 3.59. The lowest BCUT2D eigenvalue weighted by Gasteiger charge is -2.19. The Hall–Kier alpha value is -3.86. The summed E-state index contributed by atoms with van der Waals surface area (Å²) in [6.45, 7) is 0. The highest BCUT2D eigenvalue weighted by Gasteiger charge is 2.36. The normalized spacial score (nSPS) is 19.7. The average molecular weight is 520 g/mol. The lowest BCUT2D eigenvalue weighted by atomic mass is 10.0. The first-order chi connectivity index (χ1) is 17.8. The van der Waals surface area contributed by atoms with Crippen molar-refractivity contribution in [3.63, 3.8) is 0 Å². The summed E-state index contributed by atoms with van der Waals surface area (Å²) in [5, 5.41) is 27.3. The second-order valence-corrected chi connectivity index (χ2v) is 9.66. The molecule has 0 amide bonds. The number of halogens is 2. The van der Waals surface area contributed by atoms with E-state index in [-0.39, 0.29) is 10.8 Å². The van der Waals surface area contributed by atoms with Gasteiger partial charge in [0, 0.05) is 35.8 Å². The Bertz CT molecular complexity index is 1700. The summed E-state index contributed by atoms with van der Waals surface area (Å²) in [6.07, 6.45) is 7.54. The standard InChI is InChI=1S/C26H23ClFN7O2/c1-34-11-15(10-32-34)22-16-4-5-35(26(16)31-12-30-22)21-8-14(23(36)24(21)37)3-2-13-6-19(28)17-9-18(27)25(29)33-20(17)7-13/h4-12,21,23-24,36-37H,2-3H2,1H3,(H2,29,33)/t21?,23?,24-/m1/s1. The van der Waals surface area contributed by atoms with Crippen molar-refractivity contribution in [2.75, 3.05) is 5.73 Å². The Labute approximate surface area is 215 Å². The fraction of sp³-hybridized carbons (Fsp3) is 0.231. The molecule has 3 atom stereocenters. The number of hydrogen-bond donors (Lipinski definition) is 3. The van der Waals surface area contributed by atoms with Crippen LogP contribution in [0.4, 0.5) is 10.2 Å². The van der Waals surface area contributed by atoms with Crippen LogP contribution < -0.4 is 5.73 Å². The van der Waals surface area contributed by atoms with E-state index >= 15 is 0 Å². The van der Waals surface area contributed by atoms with E-state index in [0.717, 1.165) is 16.6 Å². The van der Waals surface area contributed by atoms with Crippen molar-refractivity contribution < 1.29 is 14.6 Å². The van der Waals surface area contributed by atoms with Crippen molar-refractivity contribution in [1.29, 1.82) is 0 Å². The van der Waals surface area contributed by atoms with Crippen LogP contribution in [0.25, 0.3) is 33.2 Å². The molecule has 0 fully saturated rings. The van der Waals surface area contributed by atoms with Gasteiger partial charge in [0.2, 0.25) is 0 Å². The fourth-order valence-corrected chi connectivity index (χ4v) is 5.15. The third-order valence-electron chi connectivity index (χ3n) is 6.87. The van der Waals surface area contributed by atoms with Gasteiger partial charge in [-0.3, -0.25) is 4.68 Å². The lowest BCUT2D eigenvalue weighted by Crippen LogP contribution is -2.29. The zero-order valence-corrected chi connectivity index (χ0v) is 20.5. The van der Waals surface area contributed by atoms with Crippen molar-refractivity contribution in [1.82, 2.24) is 29.3 Å². The summed E-state index contributed by atoms with van der Waals surface area (Å²) in [5.74, 6) is -0.302. The Kier molecular flexibility index (Phi) is 5.67. The minimum absolute atomic E-state index is 0.139. The van der Waals surface area contributed by atoms with E-state index in [1.807, 2.05) is 36.2 Å². The molecule has 0 saturated heterocycles. The number of nitrogens with two attached hydrogens (primary N) is 1. The summed E-state index contributed by atoms with van der Waals surface area (Å²) in [6, 6.07) is 6.04. The van der Waals surface area contributed by atoms with Crippen molar-refractivity contribution >= 4 is 39.4 Å². The summed E-state index contributed by atoms with van der Waals surface area (Å²) in [7, 11) is 1.84. The van der Waals surface area contributed by atoms with E-state index in [2.05, 4.69) is 20.1 Å². The molecule has 1 aliphatic carbocycles. The highest BCUT2D eigenvalue weighted by Crippen LogP contribution is 2.36. The number of anilines is 1. The van der Waals surface area contributed by atoms with E-state index in [1.165, 1.54) is 18.5 Å². The number of nitrogen functional groups attached to an aromatic ring is 1. The molecule has 6 rings (SSSR count). The Morgan fingerprint density at radius 1 is 1.14 bits per heavy atom. The van der Waals surface area contributed by atoms with E-state index < -0.39 is 24.1 Å². The van der Waals surface area contributed by atoms with Gasteiger partial charge in [0.15, 0.2) is 0 Å². The molecular weight excluding hydrogens is 497 g/mol. The molecule has 1 aromatic carbocycles. The van der Waals surface area contributed by atoms with Gasteiger partial charge in [-0.15, -0.1) is 0 Å². The zero-order chi connectivity index (χ0) is 25.8. The lowest BCUT2D eigenvalue weighted by molar-refractivity contribution is 0.0317. The zero-order valence-electron chi connectivity index (χ0n) is 19.8. The molecule has 0 saturated carbocycles. The quantitative estimate of drug-likeness (QED) is 0.303. The number of aliphatic hydroxyl groups is 2. The van der Waals surface area contributed by atoms with Crippen LogP contribution in [-0.4, -0.2) is 51.7 Å². The minimum Gasteiger partial charge on any atom is -0.388 e. The summed E-state index contributed by atoms with van der Waals surface area (Å²) < 4.78 is 18.2. The number of nitrogens with zero attached hydrogens (tertiary/aromatic N) is 6. The summed E-state index contributed by atoms with van der Waals surface area (Å²) in [5.41, 5.74) is 9.81. The number of aromatic nitrogens is 6. The van der Waals surface area contributed by atoms with Crippen LogP contribution in [0.5, 0.6) is 0 Å². The monoisotopic (exact) mass is 519 g/mol. The number of aliphatic hydroxyl groups excluding tert-OH is 2. The molecule has 0 radical (unpaired) electrons. The molecule has 9 nitrogen and oxygen atoms in total. The van der Waals surface area contributed by atoms with Gasteiger partial charge in [-0.1, -0.05) is 17.7 Å². The number of rotatable bonds is 5. The van der Waals surface area contributed by atoms with Crippen molar-refractivity contribution in [3.8, 4) is 11.3 Å². The molecule has 1 aliphatic rings. The Balaban J connectivity index is 1.28. The first-order valence-electron chi connectivity index (χ1n) is 11.7. The highest BCUT2D eigenvalue weighted by atomic mass is 35.5. The van der Waals surface area contributed by atoms with Gasteiger partial charge in [0.05, 0.1) is 28.5 Å². The van der Waals surface area contributed by atoms with Crippen molar-refractivity contribution in [2.45, 2.75) is 31.1 Å². The molecule has 0 bridgehead atoms. The third kappa shape index (κ3) is 4.03. The second kappa shape index (κ2) is 8.91. The molecule has 4 heterocycles. The topological polar surface area (TPSA) is 128 Å². The SMILES string of the molecule is Cn1cc(-c2ncnc3c2ccn3C2C=C(CCc3cc(F)c4cc(Cl)c(N)nc4c3)C(O)[C@@H]2O)cn1. The van der Waals surface area contributed by atoms with Crippen LogP contribution in [0, 0.1) is 5.82 Å². The molecule has 188 valence electrons. The number of hydrogen-bond acceptors (Lipinski definition) is 7. The van der Waals surface area contributed by atoms with Gasteiger partial charge in [-0.25, -0.2) is 19.3 Å². The van der Waals surface area contributed by atoms with Gasteiger partial charge in [0.1, 0.15) is 35.8 Å². The maximum atomic E-state index is 14.7. The van der Waals surface area contributed by atoms with Crippen LogP contribution in [0.3, 0.4) is 0 Å². The summed E-state index contributed by atoms with van der Waals surface area (Å²) in [4.78, 5) is 13.1. The van der Waals surface area contributed by atoms with E-state index in [4.69, 9.17) is 17.3 Å². The van der Waals surface area contributed by atoms with E-state index in [9.17, 15) is 14.6 Å². The second-order valence-electron chi connectivity index (χ2n) is 9.25. The van der Waals surface area contributed by atoms with Crippen molar-refractivity contribution in [2.24, 2.45) is 7.05 Å². The molecule has 2 unspecified atom stereocenters. The number of pyridine rings is 1. The smallest absolute Gasteiger partial charge is 0.144 e. The maximum Gasteiger partial charge on any atom is 0.144 e. The molecule has 4 N–H and O–H groups in total. The predicted molar refractivity (Wildman–Crippen MR) is 138 cm³/mol. The molecule has 5 aromatic rings. The minimum atomic E-state index is -1.06. The highest BCUT2D eigenvalue weighted by molar-refractivity contribution is 6.33. The van der Waals surface area contributed by atoms with E-state index in [1.54, 1.807) is 16.9 Å². The number of benzene rings is 1. The number of aryl methyl sites for hydroxylation is 2. The van der Waals surface area contributed by atoms with Crippen LogP contribution in [0.2, 0.25) is 5.02 Å². The average Bonchev–Trinajstić information content (AvgIpc) is 3.57. The van der Waals surface area contributed by atoms with Gasteiger partial charge in [-0.05, 0) is 48.2 Å². The Morgan fingerprint density at radius 2 is 1.97 bits per heavy atom. The summed E-state index contributed by atoms with van der Waals surface area (Å²) >= 11 is 5.98. The molecule has 11 heteroatoms. The molecule has 0 spiro atoms. The van der Waals surface area contributed by atoms with Gasteiger partial charge in [-0.2, -0.15) is 5.10 Å². The van der Waals surface area contributed by atoms with Crippen LogP contribution in [0.1, 0.15) is 18.0 Å². The number of fused-ring (bicyclic) bond motifs is 2. The third-order valence-corrected chi connectivity index (χ3v) is 7.18. The molecule has 4 aromatic heterocycles. The molecule has 0 aliphatic heterocycles. The molecular formula is C26H23ClFN7O2. The Morgan fingerprint density at radius 3 is 2.76 bits per heavy atom. The fourth-order valence-electron chi connectivity index (χ4n) is 4.99. The van der Waals surface area contributed by atoms with Crippen LogP contribution >= 0.6 is 11.6 Å². The van der Waals surface area contributed by atoms with Crippen molar-refractivity contribution in [3.05, 3.63) is 77.2 Å².